The Morgan fingerprint density at radius 3 is 2.53 bits per heavy atom. The molecule has 0 radical (unpaired) electrons. The van der Waals surface area contributed by atoms with Crippen molar-refractivity contribution >= 4 is 33.5 Å². The van der Waals surface area contributed by atoms with E-state index in [2.05, 4.69) is 31.2 Å². The maximum Gasteiger partial charge on any atom is 0.222 e. The number of nitrogens with one attached hydrogen (secondary N) is 1. The van der Waals surface area contributed by atoms with E-state index in [1.54, 1.807) is 12.4 Å². The highest BCUT2D eigenvalue weighted by Crippen LogP contribution is 2.10. The van der Waals surface area contributed by atoms with Crippen molar-refractivity contribution in [2.45, 2.75) is 6.61 Å². The Morgan fingerprint density at radius 1 is 1.16 bits per heavy atom. The quantitative estimate of drug-likeness (QED) is 0.816. The molecule has 6 heteroatoms. The van der Waals surface area contributed by atoms with Gasteiger partial charge in [0.2, 0.25) is 5.95 Å². The highest BCUT2D eigenvalue weighted by atomic mass is 79.9. The van der Waals surface area contributed by atoms with Gasteiger partial charge in [-0.2, -0.15) is 0 Å². The number of ether oxygens (including phenoxy) is 1. The minimum absolute atomic E-state index is 0.569. The Bertz CT molecular complexity index is 457. The highest BCUT2D eigenvalue weighted by molar-refractivity contribution is 9.10. The van der Waals surface area contributed by atoms with Crippen molar-refractivity contribution < 1.29 is 4.74 Å². The number of nitrogens with zero attached hydrogens (tertiary/aromatic N) is 2. The van der Waals surface area contributed by atoms with Gasteiger partial charge in [-0.25, -0.2) is 9.97 Å². The van der Waals surface area contributed by atoms with Crippen LogP contribution in [0.4, 0.5) is 5.95 Å². The van der Waals surface area contributed by atoms with E-state index in [9.17, 15) is 0 Å². The van der Waals surface area contributed by atoms with Crippen LogP contribution in [0.25, 0.3) is 0 Å². The standard InChI is InChI=1S/C13H13BrClN3O/c14-11-7-17-13(18-8-11)16-5-6-19-9-10-1-3-12(15)4-2-10/h1-4,7-8H,5-6,9H2,(H,16,17,18). The van der Waals surface area contributed by atoms with Gasteiger partial charge in [0.25, 0.3) is 0 Å². The lowest BCUT2D eigenvalue weighted by Gasteiger charge is -2.06. The second-order valence-electron chi connectivity index (χ2n) is 3.83. The maximum atomic E-state index is 5.81. The fourth-order valence-electron chi connectivity index (χ4n) is 1.41. The molecule has 100 valence electrons. The molecule has 0 aliphatic rings. The summed E-state index contributed by atoms with van der Waals surface area (Å²) < 4.78 is 6.39. The van der Waals surface area contributed by atoms with Crippen LogP contribution in [0.15, 0.2) is 41.1 Å². The Kier molecular flexibility index (Phi) is 5.57. The second-order valence-corrected chi connectivity index (χ2v) is 5.18. The molecule has 1 aromatic carbocycles. The monoisotopic (exact) mass is 341 g/mol. The number of anilines is 1. The lowest BCUT2D eigenvalue weighted by Crippen LogP contribution is -2.11. The van der Waals surface area contributed by atoms with E-state index in [1.165, 1.54) is 0 Å². The average molecular weight is 343 g/mol. The summed E-state index contributed by atoms with van der Waals surface area (Å²) in [6.45, 7) is 1.82. The summed E-state index contributed by atoms with van der Waals surface area (Å²) in [5.74, 6) is 0.596. The largest absolute Gasteiger partial charge is 0.375 e. The van der Waals surface area contributed by atoms with E-state index in [-0.39, 0.29) is 0 Å². The Balaban J connectivity index is 1.64. The minimum atomic E-state index is 0.569. The minimum Gasteiger partial charge on any atom is -0.375 e. The summed E-state index contributed by atoms with van der Waals surface area (Å²) in [7, 11) is 0. The van der Waals surface area contributed by atoms with Crippen molar-refractivity contribution in [3.63, 3.8) is 0 Å². The van der Waals surface area contributed by atoms with Gasteiger partial charge in [0, 0.05) is 24.0 Å². The van der Waals surface area contributed by atoms with Gasteiger partial charge in [0.1, 0.15) is 0 Å². The van der Waals surface area contributed by atoms with Crippen molar-refractivity contribution in [3.8, 4) is 0 Å². The molecule has 2 rings (SSSR count). The summed E-state index contributed by atoms with van der Waals surface area (Å²) in [5, 5.41) is 3.81. The molecule has 0 saturated heterocycles. The average Bonchev–Trinajstić information content (AvgIpc) is 2.43. The van der Waals surface area contributed by atoms with Crippen LogP contribution in [0.5, 0.6) is 0 Å². The summed E-state index contributed by atoms with van der Waals surface area (Å²) in [5.41, 5.74) is 1.10. The first-order valence-corrected chi connectivity index (χ1v) is 6.95. The molecule has 1 heterocycles. The third kappa shape index (κ3) is 5.14. The van der Waals surface area contributed by atoms with Crippen LogP contribution in [0.1, 0.15) is 5.56 Å². The van der Waals surface area contributed by atoms with Gasteiger partial charge < -0.3 is 10.1 Å². The van der Waals surface area contributed by atoms with Gasteiger partial charge in [-0.3, -0.25) is 0 Å². The Morgan fingerprint density at radius 2 is 1.84 bits per heavy atom. The molecule has 2 aromatic rings. The molecule has 0 fully saturated rings. The molecule has 0 aliphatic heterocycles. The van der Waals surface area contributed by atoms with Crippen LogP contribution >= 0.6 is 27.5 Å². The first-order valence-electron chi connectivity index (χ1n) is 5.77. The SMILES string of the molecule is Clc1ccc(COCCNc2ncc(Br)cn2)cc1. The van der Waals surface area contributed by atoms with E-state index in [1.807, 2.05) is 24.3 Å². The van der Waals surface area contributed by atoms with Crippen LogP contribution in [-0.4, -0.2) is 23.1 Å². The molecule has 0 bridgehead atoms. The summed E-state index contributed by atoms with van der Waals surface area (Å²) in [6.07, 6.45) is 3.40. The number of aromatic nitrogens is 2. The molecule has 4 nitrogen and oxygen atoms in total. The first-order chi connectivity index (χ1) is 9.24. The molecule has 0 amide bonds. The zero-order valence-electron chi connectivity index (χ0n) is 10.1. The van der Waals surface area contributed by atoms with Gasteiger partial charge in [0.15, 0.2) is 0 Å². The molecule has 0 saturated carbocycles. The third-order valence-electron chi connectivity index (χ3n) is 2.33. The molecule has 0 spiro atoms. The third-order valence-corrected chi connectivity index (χ3v) is 2.99. The number of hydrogen-bond donors (Lipinski definition) is 1. The van der Waals surface area contributed by atoms with Crippen LogP contribution in [0.2, 0.25) is 5.02 Å². The van der Waals surface area contributed by atoms with E-state index in [0.29, 0.717) is 25.7 Å². The van der Waals surface area contributed by atoms with Crippen LogP contribution < -0.4 is 5.32 Å². The Hall–Kier alpha value is -1.17. The first kappa shape index (κ1) is 14.2. The lowest BCUT2D eigenvalue weighted by atomic mass is 10.2. The zero-order chi connectivity index (χ0) is 13.5. The number of rotatable bonds is 6. The summed E-state index contributed by atoms with van der Waals surface area (Å²) in [6, 6.07) is 7.61. The fraction of sp³-hybridized carbons (Fsp3) is 0.231. The van der Waals surface area contributed by atoms with Gasteiger partial charge >= 0.3 is 0 Å². The predicted molar refractivity (Wildman–Crippen MR) is 79.3 cm³/mol. The van der Waals surface area contributed by atoms with Crippen molar-refractivity contribution in [3.05, 3.63) is 51.7 Å². The maximum absolute atomic E-state index is 5.81. The van der Waals surface area contributed by atoms with Gasteiger partial charge in [-0.15, -0.1) is 0 Å². The smallest absolute Gasteiger partial charge is 0.222 e. The van der Waals surface area contributed by atoms with E-state index >= 15 is 0 Å². The molecule has 0 aliphatic carbocycles. The molecule has 0 unspecified atom stereocenters. The molecular weight excluding hydrogens is 330 g/mol. The van der Waals surface area contributed by atoms with E-state index in [0.717, 1.165) is 15.1 Å². The van der Waals surface area contributed by atoms with Crippen LogP contribution in [-0.2, 0) is 11.3 Å². The molecule has 1 N–H and O–H groups in total. The summed E-state index contributed by atoms with van der Waals surface area (Å²) >= 11 is 9.09. The molecule has 19 heavy (non-hydrogen) atoms. The van der Waals surface area contributed by atoms with Crippen molar-refractivity contribution in [1.82, 2.24) is 9.97 Å². The number of hydrogen-bond acceptors (Lipinski definition) is 4. The topological polar surface area (TPSA) is 47.0 Å². The predicted octanol–water partition coefficient (Wildman–Crippen LogP) is 3.52. The molecule has 0 atom stereocenters. The molecular formula is C13H13BrClN3O. The van der Waals surface area contributed by atoms with Gasteiger partial charge in [0.05, 0.1) is 17.7 Å². The number of benzene rings is 1. The molecule has 1 aromatic heterocycles. The van der Waals surface area contributed by atoms with Crippen LogP contribution in [0, 0.1) is 0 Å². The summed E-state index contributed by atoms with van der Waals surface area (Å²) in [4.78, 5) is 8.21. The van der Waals surface area contributed by atoms with Gasteiger partial charge in [-0.05, 0) is 33.6 Å². The number of halogens is 2. The van der Waals surface area contributed by atoms with E-state index in [4.69, 9.17) is 16.3 Å². The second kappa shape index (κ2) is 7.43. The highest BCUT2D eigenvalue weighted by Gasteiger charge is 1.96. The zero-order valence-corrected chi connectivity index (χ0v) is 12.5. The van der Waals surface area contributed by atoms with Crippen LogP contribution in [0.3, 0.4) is 0 Å². The van der Waals surface area contributed by atoms with Crippen molar-refractivity contribution in [2.24, 2.45) is 0 Å². The Labute approximate surface area is 125 Å². The van der Waals surface area contributed by atoms with Crippen molar-refractivity contribution in [1.29, 1.82) is 0 Å². The fourth-order valence-corrected chi connectivity index (χ4v) is 1.74. The van der Waals surface area contributed by atoms with Gasteiger partial charge in [-0.1, -0.05) is 23.7 Å². The lowest BCUT2D eigenvalue weighted by molar-refractivity contribution is 0.130. The normalized spacial score (nSPS) is 10.4. The van der Waals surface area contributed by atoms with E-state index < -0.39 is 0 Å². The van der Waals surface area contributed by atoms with Crippen molar-refractivity contribution in [2.75, 3.05) is 18.5 Å².